The molecule has 210 valence electrons. The number of nitrogens with one attached hydrogen (secondary N) is 1. The first kappa shape index (κ1) is 27.8. The van der Waals surface area contributed by atoms with Crippen molar-refractivity contribution in [2.75, 3.05) is 44.7 Å². The zero-order chi connectivity index (χ0) is 28.3. The molecular formula is C31H38N6O3. The molecule has 40 heavy (non-hydrogen) atoms. The van der Waals surface area contributed by atoms with Crippen molar-refractivity contribution in [3.8, 4) is 11.8 Å². The van der Waals surface area contributed by atoms with Crippen molar-refractivity contribution >= 4 is 22.9 Å². The molecule has 5 rings (SSSR count). The molecule has 1 atom stereocenters. The van der Waals surface area contributed by atoms with Gasteiger partial charge in [0.2, 0.25) is 5.95 Å². The quantitative estimate of drug-likeness (QED) is 0.475. The predicted octanol–water partition coefficient (Wildman–Crippen LogP) is 3.72. The van der Waals surface area contributed by atoms with Gasteiger partial charge in [-0.3, -0.25) is 19.1 Å². The fraction of sp³-hybridized carbons (Fsp3) is 0.484. The maximum atomic E-state index is 12.5. The fourth-order valence-corrected chi connectivity index (χ4v) is 5.99. The number of carbonyl (C=O) groups is 1. The van der Waals surface area contributed by atoms with E-state index in [-0.39, 0.29) is 29.1 Å². The lowest BCUT2D eigenvalue weighted by molar-refractivity contribution is -0.129. The fourth-order valence-electron chi connectivity index (χ4n) is 5.99. The first-order valence-electron chi connectivity index (χ1n) is 14.1. The van der Waals surface area contributed by atoms with Crippen LogP contribution in [0.5, 0.6) is 0 Å². The third kappa shape index (κ3) is 5.47. The average molecular weight is 543 g/mol. The summed E-state index contributed by atoms with van der Waals surface area (Å²) in [4.78, 5) is 38.3. The van der Waals surface area contributed by atoms with Crippen molar-refractivity contribution in [2.45, 2.75) is 58.2 Å². The smallest absolute Gasteiger partial charge is 0.298 e. The number of hydrogen-bond acceptors (Lipinski definition) is 7. The third-order valence-electron chi connectivity index (χ3n) is 8.20. The number of pyridine rings is 1. The Morgan fingerprint density at radius 2 is 1.73 bits per heavy atom. The van der Waals surface area contributed by atoms with E-state index in [1.54, 1.807) is 29.8 Å². The van der Waals surface area contributed by atoms with Gasteiger partial charge >= 0.3 is 0 Å². The number of rotatable bonds is 6. The van der Waals surface area contributed by atoms with Gasteiger partial charge in [0.25, 0.3) is 11.5 Å². The van der Waals surface area contributed by atoms with Crippen LogP contribution in [0.25, 0.3) is 11.0 Å². The molecule has 9 nitrogen and oxygen atoms in total. The van der Waals surface area contributed by atoms with Crippen molar-refractivity contribution in [1.82, 2.24) is 24.3 Å². The van der Waals surface area contributed by atoms with Gasteiger partial charge < -0.3 is 15.0 Å². The van der Waals surface area contributed by atoms with Gasteiger partial charge in [-0.15, -0.1) is 0 Å². The molecule has 9 heteroatoms. The number of piperazine rings is 1. The second-order valence-corrected chi connectivity index (χ2v) is 10.9. The Balaban J connectivity index is 1.34. The highest BCUT2D eigenvalue weighted by atomic mass is 16.5. The monoisotopic (exact) mass is 542 g/mol. The number of benzene rings is 1. The van der Waals surface area contributed by atoms with Crippen LogP contribution in [0.4, 0.5) is 5.95 Å². The molecule has 2 fully saturated rings. The molecule has 2 aliphatic rings. The minimum atomic E-state index is -0.110. The van der Waals surface area contributed by atoms with Gasteiger partial charge in [-0.25, -0.2) is 4.98 Å². The summed E-state index contributed by atoms with van der Waals surface area (Å²) in [7, 11) is 0. The van der Waals surface area contributed by atoms with Crippen LogP contribution in [0, 0.1) is 11.8 Å². The molecule has 2 saturated heterocycles. The maximum absolute atomic E-state index is 12.5. The molecule has 1 N–H and O–H groups in total. The number of carbonyl (C=O) groups excluding carboxylic acids is 1. The Morgan fingerprint density at radius 1 is 1.02 bits per heavy atom. The van der Waals surface area contributed by atoms with E-state index in [1.807, 2.05) is 18.7 Å². The lowest BCUT2D eigenvalue weighted by Crippen LogP contribution is -2.58. The zero-order valence-electron chi connectivity index (χ0n) is 23.8. The summed E-state index contributed by atoms with van der Waals surface area (Å²) < 4.78 is 7.46. The highest BCUT2D eigenvalue weighted by molar-refractivity contribution is 5.93. The number of ether oxygens (including phenoxy) is 1. The molecule has 0 radical (unpaired) electrons. The first-order chi connectivity index (χ1) is 19.3. The summed E-state index contributed by atoms with van der Waals surface area (Å²) in [6.07, 6.45) is 3.60. The van der Waals surface area contributed by atoms with Crippen LogP contribution in [0.1, 0.15) is 63.7 Å². The van der Waals surface area contributed by atoms with Crippen molar-refractivity contribution in [2.24, 2.45) is 0 Å². The van der Waals surface area contributed by atoms with Gasteiger partial charge in [0.1, 0.15) is 5.65 Å². The van der Waals surface area contributed by atoms with Crippen molar-refractivity contribution < 1.29 is 9.53 Å². The van der Waals surface area contributed by atoms with Crippen LogP contribution in [0.2, 0.25) is 0 Å². The van der Waals surface area contributed by atoms with E-state index in [1.165, 1.54) is 5.56 Å². The summed E-state index contributed by atoms with van der Waals surface area (Å²) in [5, 5.41) is 4.25. The van der Waals surface area contributed by atoms with Crippen molar-refractivity contribution in [3.63, 3.8) is 0 Å². The molecule has 1 amide bonds. The minimum absolute atomic E-state index is 0.00472. The van der Waals surface area contributed by atoms with Gasteiger partial charge in [0.15, 0.2) is 0 Å². The normalized spacial score (nSPS) is 18.3. The summed E-state index contributed by atoms with van der Waals surface area (Å²) >= 11 is 0. The Morgan fingerprint density at radius 3 is 2.38 bits per heavy atom. The minimum Gasteiger partial charge on any atom is -0.381 e. The molecule has 0 saturated carbocycles. The number of aromatic nitrogens is 3. The Hall–Kier alpha value is -3.74. The Labute approximate surface area is 235 Å². The Kier molecular flexibility index (Phi) is 8.19. The Bertz CT molecular complexity index is 1470. The third-order valence-corrected chi connectivity index (χ3v) is 8.20. The van der Waals surface area contributed by atoms with Crippen molar-refractivity contribution in [3.05, 3.63) is 64.1 Å². The molecule has 0 aliphatic carbocycles. The number of anilines is 1. The second kappa shape index (κ2) is 11.8. The van der Waals surface area contributed by atoms with Crippen LogP contribution < -0.4 is 10.9 Å². The number of fused-ring (bicyclic) bond motifs is 1. The van der Waals surface area contributed by atoms with E-state index < -0.39 is 0 Å². The van der Waals surface area contributed by atoms with Crippen molar-refractivity contribution in [1.29, 1.82) is 0 Å². The molecule has 2 aromatic heterocycles. The zero-order valence-corrected chi connectivity index (χ0v) is 23.8. The average Bonchev–Trinajstić information content (AvgIpc) is 2.97. The number of nitrogens with zero attached hydrogens (tertiary/aromatic N) is 5. The van der Waals surface area contributed by atoms with Gasteiger partial charge in [0.05, 0.1) is 11.6 Å². The van der Waals surface area contributed by atoms with Gasteiger partial charge in [-0.2, -0.15) is 4.98 Å². The topological polar surface area (TPSA) is 92.6 Å². The van der Waals surface area contributed by atoms with Gasteiger partial charge in [-0.1, -0.05) is 30.2 Å². The molecule has 0 spiro atoms. The van der Waals surface area contributed by atoms with Gasteiger partial charge in [-0.05, 0) is 63.7 Å². The van der Waals surface area contributed by atoms with E-state index >= 15 is 0 Å². The summed E-state index contributed by atoms with van der Waals surface area (Å²) in [5.41, 5.74) is 2.86. The van der Waals surface area contributed by atoms with Crippen LogP contribution in [0.3, 0.4) is 0 Å². The molecule has 4 heterocycles. The van der Waals surface area contributed by atoms with E-state index in [0.29, 0.717) is 24.7 Å². The summed E-state index contributed by atoms with van der Waals surface area (Å²) in [5.74, 6) is 5.80. The SMILES string of the molecule is CC#CC(=O)N1CCN(C2(c3ccc([C@H](C)Nc4ncc5ccc(=O)n(C(C)C)c5n4)cc3)CCOCC2)CC1. The summed E-state index contributed by atoms with van der Waals surface area (Å²) in [6, 6.07) is 12.1. The first-order valence-corrected chi connectivity index (χ1v) is 14.1. The van der Waals surface area contributed by atoms with Crippen LogP contribution >= 0.6 is 0 Å². The standard InChI is InChI=1S/C31H38N6O3/c1-5-6-27(38)35-15-17-36(18-16-35)31(13-19-40-20-14-31)26-10-7-24(8-11-26)23(4)33-30-32-21-25-9-12-28(39)37(22(2)3)29(25)34-30/h7-12,21-23H,13-20H2,1-4H3,(H,32,33,34)/t23-/m0/s1. The number of hydrogen-bond donors (Lipinski definition) is 1. The predicted molar refractivity (Wildman–Crippen MR) is 156 cm³/mol. The van der Waals surface area contributed by atoms with E-state index in [9.17, 15) is 9.59 Å². The second-order valence-electron chi connectivity index (χ2n) is 10.9. The highest BCUT2D eigenvalue weighted by Crippen LogP contribution is 2.39. The molecular weight excluding hydrogens is 504 g/mol. The van der Waals surface area contributed by atoms with E-state index in [0.717, 1.165) is 50.1 Å². The lowest BCUT2D eigenvalue weighted by atomic mass is 9.80. The molecule has 0 unspecified atom stereocenters. The lowest BCUT2D eigenvalue weighted by Gasteiger charge is -2.50. The largest absolute Gasteiger partial charge is 0.381 e. The summed E-state index contributed by atoms with van der Waals surface area (Å²) in [6.45, 7) is 12.2. The van der Waals surface area contributed by atoms with Crippen LogP contribution in [-0.4, -0.2) is 69.6 Å². The van der Waals surface area contributed by atoms with Gasteiger partial charge in [0, 0.05) is 63.1 Å². The van der Waals surface area contributed by atoms with E-state index in [2.05, 4.69) is 58.2 Å². The highest BCUT2D eigenvalue weighted by Gasteiger charge is 2.41. The molecule has 3 aromatic rings. The van der Waals surface area contributed by atoms with Crippen LogP contribution in [-0.2, 0) is 15.1 Å². The maximum Gasteiger partial charge on any atom is 0.298 e. The number of amides is 1. The van der Waals surface area contributed by atoms with Crippen LogP contribution in [0.15, 0.2) is 47.4 Å². The molecule has 1 aromatic carbocycles. The molecule has 0 bridgehead atoms. The van der Waals surface area contributed by atoms with E-state index in [4.69, 9.17) is 9.72 Å². The molecule has 2 aliphatic heterocycles.